The maximum absolute atomic E-state index is 2.40. The van der Waals surface area contributed by atoms with Gasteiger partial charge in [-0.05, 0) is 43.0 Å². The Labute approximate surface area is 95.0 Å². The molecule has 0 aliphatic rings. The van der Waals surface area contributed by atoms with Gasteiger partial charge in [-0.2, -0.15) is 0 Å². The maximum Gasteiger partial charge on any atom is 0.0687 e. The first kappa shape index (κ1) is 12.2. The first-order chi connectivity index (χ1) is 6.79. The molecule has 0 unspecified atom stereocenters. The molecule has 1 heteroatoms. The molecule has 0 atom stereocenters. The number of rotatable bonds is 2. The van der Waals surface area contributed by atoms with Crippen LogP contribution in [0.15, 0.2) is 17.8 Å². The number of hydrogen-bond donors (Lipinski definition) is 0. The molecule has 1 aromatic carbocycles. The van der Waals surface area contributed by atoms with E-state index in [1.807, 2.05) is 0 Å². The van der Waals surface area contributed by atoms with Gasteiger partial charge in [-0.15, -0.1) is 0 Å². The quantitative estimate of drug-likeness (QED) is 0.641. The second-order valence-corrected chi connectivity index (χ2v) is 10.5. The second kappa shape index (κ2) is 4.36. The van der Waals surface area contributed by atoms with Gasteiger partial charge in [0.2, 0.25) is 0 Å². The largest absolute Gasteiger partial charge is 0.0944 e. The van der Waals surface area contributed by atoms with Crippen LogP contribution in [0.1, 0.15) is 22.3 Å². The van der Waals surface area contributed by atoms with Crippen LogP contribution >= 0.6 is 0 Å². The third-order valence-electron chi connectivity index (χ3n) is 2.73. The topological polar surface area (TPSA) is 0 Å². The summed E-state index contributed by atoms with van der Waals surface area (Å²) in [7, 11) is -1.07. The molecule has 0 heterocycles. The fourth-order valence-electron chi connectivity index (χ4n) is 1.51. The summed E-state index contributed by atoms with van der Waals surface area (Å²) in [6.07, 6.45) is 2.28. The van der Waals surface area contributed by atoms with Gasteiger partial charge >= 0.3 is 0 Å². The summed E-state index contributed by atoms with van der Waals surface area (Å²) < 4.78 is 0. The third-order valence-corrected chi connectivity index (χ3v) is 3.89. The average molecular weight is 218 g/mol. The van der Waals surface area contributed by atoms with Crippen LogP contribution in [0, 0.1) is 20.8 Å². The smallest absolute Gasteiger partial charge is 0.0687 e. The van der Waals surface area contributed by atoms with Crippen molar-refractivity contribution in [1.29, 1.82) is 0 Å². The summed E-state index contributed by atoms with van der Waals surface area (Å²) in [5, 5.41) is 0. The molecule has 1 aromatic rings. The molecule has 1 rings (SSSR count). The van der Waals surface area contributed by atoms with Crippen molar-refractivity contribution in [2.75, 3.05) is 0 Å². The minimum Gasteiger partial charge on any atom is -0.0944 e. The summed E-state index contributed by atoms with van der Waals surface area (Å²) in [6, 6.07) is 4.55. The SMILES string of the molecule is Cc1cc(/C=C/[Si](C)(C)C)cc(C)c1C. The van der Waals surface area contributed by atoms with E-state index < -0.39 is 8.07 Å². The Morgan fingerprint density at radius 2 is 1.40 bits per heavy atom. The van der Waals surface area contributed by atoms with E-state index in [0.717, 1.165) is 0 Å². The zero-order valence-corrected chi connectivity index (χ0v) is 11.8. The molecule has 0 saturated heterocycles. The van der Waals surface area contributed by atoms with Gasteiger partial charge in [0.15, 0.2) is 0 Å². The van der Waals surface area contributed by atoms with Gasteiger partial charge in [-0.3, -0.25) is 0 Å². The van der Waals surface area contributed by atoms with Crippen LogP contribution in [0.25, 0.3) is 6.08 Å². The summed E-state index contributed by atoms with van der Waals surface area (Å²) in [5.41, 5.74) is 7.95. The van der Waals surface area contributed by atoms with Gasteiger partial charge in [0.25, 0.3) is 0 Å². The van der Waals surface area contributed by atoms with E-state index in [1.54, 1.807) is 0 Å². The molecule has 0 aromatic heterocycles. The van der Waals surface area contributed by atoms with Crippen molar-refractivity contribution in [3.8, 4) is 0 Å². The Hall–Kier alpha value is -0.823. The molecule has 0 spiro atoms. The molecule has 0 amide bonds. The molecule has 0 saturated carbocycles. The molecule has 0 bridgehead atoms. The lowest BCUT2D eigenvalue weighted by atomic mass is 10.0. The molecule has 0 aliphatic heterocycles. The highest BCUT2D eigenvalue weighted by Gasteiger charge is 2.07. The van der Waals surface area contributed by atoms with E-state index >= 15 is 0 Å². The Balaban J connectivity index is 3.03. The molecule has 0 radical (unpaired) electrons. The summed E-state index contributed by atoms with van der Waals surface area (Å²) in [6.45, 7) is 13.6. The molecular formula is C14H22Si. The van der Waals surface area contributed by atoms with E-state index in [-0.39, 0.29) is 0 Å². The maximum atomic E-state index is 2.40. The van der Waals surface area contributed by atoms with E-state index in [0.29, 0.717) is 0 Å². The molecule has 82 valence electrons. The van der Waals surface area contributed by atoms with Gasteiger partial charge in [-0.1, -0.05) is 43.5 Å². The standard InChI is InChI=1S/C14H22Si/c1-11-9-14(7-8-15(4,5)6)10-12(2)13(11)3/h7-10H,1-6H3/b8-7+. The molecule has 0 N–H and O–H groups in total. The van der Waals surface area contributed by atoms with Crippen molar-refractivity contribution in [1.82, 2.24) is 0 Å². The van der Waals surface area contributed by atoms with Gasteiger partial charge in [0.05, 0.1) is 8.07 Å². The van der Waals surface area contributed by atoms with Gasteiger partial charge in [0.1, 0.15) is 0 Å². The lowest BCUT2D eigenvalue weighted by Crippen LogP contribution is -2.15. The highest BCUT2D eigenvalue weighted by Crippen LogP contribution is 2.17. The Morgan fingerprint density at radius 1 is 0.933 bits per heavy atom. The summed E-state index contributed by atoms with van der Waals surface area (Å²) >= 11 is 0. The Bertz CT molecular complexity index is 358. The first-order valence-corrected chi connectivity index (χ1v) is 9.14. The minimum atomic E-state index is -1.07. The number of hydrogen-bond acceptors (Lipinski definition) is 0. The predicted octanol–water partition coefficient (Wildman–Crippen LogP) is 4.50. The summed E-state index contributed by atoms with van der Waals surface area (Å²) in [5.74, 6) is 0. The fraction of sp³-hybridized carbons (Fsp3) is 0.429. The van der Waals surface area contributed by atoms with Crippen LogP contribution in [-0.2, 0) is 0 Å². The van der Waals surface area contributed by atoms with E-state index in [2.05, 4.69) is 64.3 Å². The predicted molar refractivity (Wildman–Crippen MR) is 73.0 cm³/mol. The van der Waals surface area contributed by atoms with Crippen molar-refractivity contribution < 1.29 is 0 Å². The van der Waals surface area contributed by atoms with Crippen molar-refractivity contribution in [2.45, 2.75) is 40.4 Å². The van der Waals surface area contributed by atoms with Crippen LogP contribution in [0.4, 0.5) is 0 Å². The molecule has 0 aliphatic carbocycles. The Morgan fingerprint density at radius 3 is 1.80 bits per heavy atom. The van der Waals surface area contributed by atoms with Gasteiger partial charge in [0, 0.05) is 0 Å². The van der Waals surface area contributed by atoms with Crippen LogP contribution in [0.3, 0.4) is 0 Å². The molecule has 0 fully saturated rings. The molecule has 0 nitrogen and oxygen atoms in total. The zero-order chi connectivity index (χ0) is 11.6. The van der Waals surface area contributed by atoms with E-state index in [1.165, 1.54) is 22.3 Å². The van der Waals surface area contributed by atoms with Crippen LogP contribution < -0.4 is 0 Å². The second-order valence-electron chi connectivity index (χ2n) is 5.48. The van der Waals surface area contributed by atoms with Crippen LogP contribution in [-0.4, -0.2) is 8.07 Å². The first-order valence-electron chi connectivity index (χ1n) is 5.57. The molecular weight excluding hydrogens is 196 g/mol. The third kappa shape index (κ3) is 3.67. The highest BCUT2D eigenvalue weighted by molar-refractivity contribution is 6.81. The fourth-order valence-corrected chi connectivity index (χ4v) is 2.20. The number of benzene rings is 1. The van der Waals surface area contributed by atoms with E-state index in [9.17, 15) is 0 Å². The van der Waals surface area contributed by atoms with Gasteiger partial charge in [-0.25, -0.2) is 0 Å². The lowest BCUT2D eigenvalue weighted by molar-refractivity contribution is 1.26. The van der Waals surface area contributed by atoms with Crippen molar-refractivity contribution in [2.24, 2.45) is 0 Å². The number of aryl methyl sites for hydroxylation is 2. The van der Waals surface area contributed by atoms with Crippen molar-refractivity contribution in [3.63, 3.8) is 0 Å². The minimum absolute atomic E-state index is 1.07. The van der Waals surface area contributed by atoms with Crippen LogP contribution in [0.2, 0.25) is 19.6 Å². The zero-order valence-electron chi connectivity index (χ0n) is 10.8. The van der Waals surface area contributed by atoms with Crippen molar-refractivity contribution >= 4 is 14.1 Å². The normalized spacial score (nSPS) is 12.4. The average Bonchev–Trinajstić information content (AvgIpc) is 2.09. The lowest BCUT2D eigenvalue weighted by Gasteiger charge is -2.10. The monoisotopic (exact) mass is 218 g/mol. The van der Waals surface area contributed by atoms with Gasteiger partial charge < -0.3 is 0 Å². The highest BCUT2D eigenvalue weighted by atomic mass is 28.3. The van der Waals surface area contributed by atoms with Crippen molar-refractivity contribution in [3.05, 3.63) is 40.1 Å². The Kier molecular flexibility index (Phi) is 3.56. The van der Waals surface area contributed by atoms with E-state index in [4.69, 9.17) is 0 Å². The molecule has 15 heavy (non-hydrogen) atoms. The summed E-state index contributed by atoms with van der Waals surface area (Å²) in [4.78, 5) is 0. The van der Waals surface area contributed by atoms with Crippen LogP contribution in [0.5, 0.6) is 0 Å².